The molecule has 2 rings (SSSR count). The van der Waals surface area contributed by atoms with Gasteiger partial charge in [-0.15, -0.1) is 0 Å². The third-order valence-corrected chi connectivity index (χ3v) is 2.81. The van der Waals surface area contributed by atoms with Crippen LogP contribution in [0.25, 0.3) is 0 Å². The summed E-state index contributed by atoms with van der Waals surface area (Å²) in [6.07, 6.45) is 3.69. The van der Waals surface area contributed by atoms with Gasteiger partial charge in [-0.05, 0) is 24.1 Å². The molecule has 1 atom stereocenters. The van der Waals surface area contributed by atoms with Gasteiger partial charge in [-0.3, -0.25) is 0 Å². The minimum Gasteiger partial charge on any atom is -0.480 e. The number of carbonyl (C=O) groups is 1. The van der Waals surface area contributed by atoms with Crippen LogP contribution in [-0.4, -0.2) is 31.9 Å². The third kappa shape index (κ3) is 3.54. The number of hydrogen-bond acceptors (Lipinski definition) is 4. The molecule has 0 saturated carbocycles. The lowest BCUT2D eigenvalue weighted by molar-refractivity contribution is -0.137. The normalized spacial score (nSPS) is 12.1. The standard InChI is InChI=1S/C13H16N4O2/c1-2-12(13(18)19)16-11-5-3-10(4-6-11)7-17-9-14-8-15-17/h3-6,8-9,12,16H,2,7H2,1H3,(H,18,19). The number of nitrogens with one attached hydrogen (secondary N) is 1. The molecule has 6 heteroatoms. The van der Waals surface area contributed by atoms with Crippen molar-refractivity contribution in [3.63, 3.8) is 0 Å². The summed E-state index contributed by atoms with van der Waals surface area (Å²) in [7, 11) is 0. The molecule has 0 amide bonds. The maximum Gasteiger partial charge on any atom is 0.326 e. The van der Waals surface area contributed by atoms with Crippen LogP contribution in [-0.2, 0) is 11.3 Å². The fourth-order valence-corrected chi connectivity index (χ4v) is 1.75. The molecule has 2 N–H and O–H groups in total. The van der Waals surface area contributed by atoms with E-state index in [9.17, 15) is 4.79 Å². The van der Waals surface area contributed by atoms with Crippen LogP contribution in [0.1, 0.15) is 18.9 Å². The molecular formula is C13H16N4O2. The van der Waals surface area contributed by atoms with E-state index in [1.54, 1.807) is 11.0 Å². The molecule has 19 heavy (non-hydrogen) atoms. The zero-order valence-electron chi connectivity index (χ0n) is 10.7. The van der Waals surface area contributed by atoms with Crippen LogP contribution >= 0.6 is 0 Å². The van der Waals surface area contributed by atoms with Gasteiger partial charge in [0.05, 0.1) is 6.54 Å². The molecule has 2 aromatic rings. The van der Waals surface area contributed by atoms with E-state index >= 15 is 0 Å². The predicted molar refractivity (Wildman–Crippen MR) is 70.9 cm³/mol. The van der Waals surface area contributed by atoms with E-state index in [1.807, 2.05) is 31.2 Å². The van der Waals surface area contributed by atoms with Crippen molar-refractivity contribution >= 4 is 11.7 Å². The Morgan fingerprint density at radius 1 is 1.42 bits per heavy atom. The van der Waals surface area contributed by atoms with Gasteiger partial charge < -0.3 is 10.4 Å². The van der Waals surface area contributed by atoms with Gasteiger partial charge in [-0.2, -0.15) is 5.10 Å². The van der Waals surface area contributed by atoms with E-state index in [0.717, 1.165) is 11.3 Å². The number of hydrogen-bond donors (Lipinski definition) is 2. The molecule has 0 aliphatic carbocycles. The van der Waals surface area contributed by atoms with Crippen molar-refractivity contribution < 1.29 is 9.90 Å². The highest BCUT2D eigenvalue weighted by molar-refractivity contribution is 5.77. The maximum atomic E-state index is 10.9. The number of benzene rings is 1. The van der Waals surface area contributed by atoms with Crippen molar-refractivity contribution in [2.45, 2.75) is 25.9 Å². The molecule has 1 heterocycles. The number of aromatic nitrogens is 3. The lowest BCUT2D eigenvalue weighted by Crippen LogP contribution is -2.28. The van der Waals surface area contributed by atoms with Crippen LogP contribution in [0.2, 0.25) is 0 Å². The van der Waals surface area contributed by atoms with Crippen molar-refractivity contribution in [3.05, 3.63) is 42.5 Å². The van der Waals surface area contributed by atoms with E-state index in [-0.39, 0.29) is 0 Å². The maximum absolute atomic E-state index is 10.9. The summed E-state index contributed by atoms with van der Waals surface area (Å²) in [4.78, 5) is 14.8. The van der Waals surface area contributed by atoms with Gasteiger partial charge in [0, 0.05) is 5.69 Å². The summed E-state index contributed by atoms with van der Waals surface area (Å²) in [6, 6.07) is 7.08. The molecular weight excluding hydrogens is 244 g/mol. The fourth-order valence-electron chi connectivity index (χ4n) is 1.75. The minimum atomic E-state index is -0.839. The van der Waals surface area contributed by atoms with Gasteiger partial charge in [-0.25, -0.2) is 14.5 Å². The minimum absolute atomic E-state index is 0.538. The summed E-state index contributed by atoms with van der Waals surface area (Å²) in [6.45, 7) is 2.49. The smallest absolute Gasteiger partial charge is 0.326 e. The average Bonchev–Trinajstić information content (AvgIpc) is 2.90. The number of carboxylic acid groups (broad SMARTS) is 1. The molecule has 0 bridgehead atoms. The lowest BCUT2D eigenvalue weighted by atomic mass is 10.1. The fraction of sp³-hybridized carbons (Fsp3) is 0.308. The largest absolute Gasteiger partial charge is 0.480 e. The number of aliphatic carboxylic acids is 1. The number of rotatable bonds is 6. The Morgan fingerprint density at radius 3 is 2.68 bits per heavy atom. The van der Waals surface area contributed by atoms with Crippen LogP contribution in [0.5, 0.6) is 0 Å². The van der Waals surface area contributed by atoms with E-state index < -0.39 is 12.0 Å². The first-order valence-corrected chi connectivity index (χ1v) is 6.09. The zero-order valence-corrected chi connectivity index (χ0v) is 10.7. The SMILES string of the molecule is CCC(Nc1ccc(Cn2cncn2)cc1)C(=O)O. The molecule has 6 nitrogen and oxygen atoms in total. The predicted octanol–water partition coefficient (Wildman–Crippen LogP) is 1.60. The second-order valence-corrected chi connectivity index (χ2v) is 4.23. The molecule has 1 aromatic carbocycles. The second kappa shape index (κ2) is 5.99. The molecule has 0 fully saturated rings. The Hall–Kier alpha value is -2.37. The average molecular weight is 260 g/mol. The number of anilines is 1. The molecule has 1 aromatic heterocycles. The van der Waals surface area contributed by atoms with E-state index in [2.05, 4.69) is 15.4 Å². The molecule has 1 unspecified atom stereocenters. The van der Waals surface area contributed by atoms with E-state index in [4.69, 9.17) is 5.11 Å². The van der Waals surface area contributed by atoms with Crippen LogP contribution in [0.15, 0.2) is 36.9 Å². The van der Waals surface area contributed by atoms with Gasteiger partial charge in [0.2, 0.25) is 0 Å². The summed E-state index contributed by atoms with van der Waals surface area (Å²) >= 11 is 0. The van der Waals surface area contributed by atoms with Crippen LogP contribution in [0, 0.1) is 0 Å². The highest BCUT2D eigenvalue weighted by Gasteiger charge is 2.13. The Morgan fingerprint density at radius 2 is 2.16 bits per heavy atom. The molecule has 100 valence electrons. The van der Waals surface area contributed by atoms with Crippen molar-refractivity contribution in [2.24, 2.45) is 0 Å². The summed E-state index contributed by atoms with van der Waals surface area (Å²) in [5.41, 5.74) is 1.89. The first-order chi connectivity index (χ1) is 9.19. The van der Waals surface area contributed by atoms with E-state index in [1.165, 1.54) is 6.33 Å². The molecule has 0 aliphatic rings. The lowest BCUT2D eigenvalue weighted by Gasteiger charge is -2.13. The summed E-state index contributed by atoms with van der Waals surface area (Å²) in [5.74, 6) is -0.839. The Kier molecular flexibility index (Phi) is 4.12. The second-order valence-electron chi connectivity index (χ2n) is 4.23. The first-order valence-electron chi connectivity index (χ1n) is 6.09. The quantitative estimate of drug-likeness (QED) is 0.824. The molecule has 0 radical (unpaired) electrons. The van der Waals surface area contributed by atoms with Crippen molar-refractivity contribution in [2.75, 3.05) is 5.32 Å². The highest BCUT2D eigenvalue weighted by atomic mass is 16.4. The van der Waals surface area contributed by atoms with Gasteiger partial charge in [0.1, 0.15) is 18.7 Å². The van der Waals surface area contributed by atoms with Gasteiger partial charge in [0.15, 0.2) is 0 Å². The van der Waals surface area contributed by atoms with Gasteiger partial charge in [-0.1, -0.05) is 19.1 Å². The van der Waals surface area contributed by atoms with Crippen LogP contribution in [0.3, 0.4) is 0 Å². The van der Waals surface area contributed by atoms with E-state index in [0.29, 0.717) is 13.0 Å². The topological polar surface area (TPSA) is 80.0 Å². The zero-order chi connectivity index (χ0) is 13.7. The third-order valence-electron chi connectivity index (χ3n) is 2.81. The number of carboxylic acids is 1. The van der Waals surface area contributed by atoms with Crippen molar-refractivity contribution in [3.8, 4) is 0 Å². The Labute approximate surface area is 111 Å². The number of nitrogens with zero attached hydrogens (tertiary/aromatic N) is 3. The molecule has 0 spiro atoms. The van der Waals surface area contributed by atoms with Crippen LogP contribution < -0.4 is 5.32 Å². The van der Waals surface area contributed by atoms with Gasteiger partial charge in [0.25, 0.3) is 0 Å². The first kappa shape index (κ1) is 13.1. The monoisotopic (exact) mass is 260 g/mol. The molecule has 0 saturated heterocycles. The highest BCUT2D eigenvalue weighted by Crippen LogP contribution is 2.12. The van der Waals surface area contributed by atoms with Crippen molar-refractivity contribution in [1.82, 2.24) is 14.8 Å². The molecule has 0 aliphatic heterocycles. The van der Waals surface area contributed by atoms with Gasteiger partial charge >= 0.3 is 5.97 Å². The Balaban J connectivity index is 2.00. The van der Waals surface area contributed by atoms with Crippen molar-refractivity contribution in [1.29, 1.82) is 0 Å². The van der Waals surface area contributed by atoms with Crippen LogP contribution in [0.4, 0.5) is 5.69 Å². The summed E-state index contributed by atoms with van der Waals surface area (Å²) < 4.78 is 1.73. The Bertz CT molecular complexity index is 522. The summed E-state index contributed by atoms with van der Waals surface area (Å²) in [5, 5.41) is 16.0.